The minimum absolute atomic E-state index is 0.0576. The summed E-state index contributed by atoms with van der Waals surface area (Å²) in [6.45, 7) is 18.5. The monoisotopic (exact) mass is 1780 g/mol. The van der Waals surface area contributed by atoms with Crippen molar-refractivity contribution in [3.8, 4) is 44.3 Å². The van der Waals surface area contributed by atoms with Crippen molar-refractivity contribution < 1.29 is 52.3 Å². The molecule has 3 aromatic carbocycles. The first-order valence-electron chi connectivity index (χ1n) is 43.7. The molecule has 664 valence electrons. The van der Waals surface area contributed by atoms with E-state index in [1.165, 1.54) is 34.0 Å². The van der Waals surface area contributed by atoms with Gasteiger partial charge in [0.15, 0.2) is 9.49 Å². The number of aromatic nitrogens is 4. The maximum atomic E-state index is 14.0. The van der Waals surface area contributed by atoms with Gasteiger partial charge in [0.05, 0.1) is 18.1 Å². The highest BCUT2D eigenvalue weighted by Gasteiger charge is 2.48. The zero-order valence-corrected chi connectivity index (χ0v) is 77.2. The van der Waals surface area contributed by atoms with Gasteiger partial charge in [-0.05, 0) is 213 Å². The second-order valence-corrected chi connectivity index (χ2v) is 42.7. The van der Waals surface area contributed by atoms with E-state index in [0.29, 0.717) is 92.5 Å². The molecule has 2 unspecified atom stereocenters. The molecular formula is C91H126N16O11S5+2. The number of thiazole rings is 3. The van der Waals surface area contributed by atoms with E-state index in [9.17, 15) is 52.3 Å². The van der Waals surface area contributed by atoms with Gasteiger partial charge in [-0.1, -0.05) is 160 Å². The normalized spacial score (nSPS) is 19.9. The van der Waals surface area contributed by atoms with Crippen LogP contribution in [-0.4, -0.2) is 202 Å². The summed E-state index contributed by atoms with van der Waals surface area (Å²) in [6.07, 6.45) is 22.3. The van der Waals surface area contributed by atoms with Gasteiger partial charge in [0.25, 0.3) is 0 Å². The first kappa shape index (κ1) is 95.1. The lowest BCUT2D eigenvalue weighted by atomic mass is 9.83. The fourth-order valence-electron chi connectivity index (χ4n) is 16.7. The van der Waals surface area contributed by atoms with Gasteiger partial charge >= 0.3 is 8.68 Å². The molecule has 3 aliphatic heterocycles. The maximum Gasteiger partial charge on any atom is 0.341 e. The number of benzene rings is 3. The molecule has 7 heterocycles. The SMILES string of the molecule is CN[C@@H](C)C(=O)N[C@H](C(=O)N1CCC[C@H]1C(=O)Nc1sc(-c2ccncc2)nc1-c1ccccc1)C1CCCCC1.CN[C@@H](C)C(=O)N[C@H](C(=O)N1CCC[C@H]1C(=O)Nc1sc([S+](O)C(C)(C)C)nc1-c1ccccc1)C1CCCCC1.CN[C@@H](C)C(=O)N[C@H](C(=O)N1CCC[C@H]1C(=O)Nc1sc([S+](O)C(C)(C)C)nc1-c1ccccc1)C1CCCCC1. The number of hydrogen-bond donors (Lipinski definition) is 11. The van der Waals surface area contributed by atoms with Gasteiger partial charge in [-0.3, -0.25) is 48.1 Å². The molecule has 0 bridgehead atoms. The summed E-state index contributed by atoms with van der Waals surface area (Å²) < 4.78 is 22.3. The van der Waals surface area contributed by atoms with Crippen LogP contribution in [0.4, 0.5) is 15.0 Å². The Hall–Kier alpha value is -8.57. The lowest BCUT2D eigenvalue weighted by molar-refractivity contribution is -0.142. The molecule has 11 atom stereocenters. The molecule has 6 fully saturated rings. The third kappa shape index (κ3) is 24.6. The Kier molecular flexibility index (Phi) is 34.4. The molecule has 4 aromatic heterocycles. The molecule has 0 radical (unpaired) electrons. The van der Waals surface area contributed by atoms with Crippen LogP contribution in [0.3, 0.4) is 0 Å². The lowest BCUT2D eigenvalue weighted by Crippen LogP contribution is -2.57. The van der Waals surface area contributed by atoms with Crippen molar-refractivity contribution in [1.29, 1.82) is 0 Å². The average Bonchev–Trinajstić information content (AvgIpc) is 1.68. The summed E-state index contributed by atoms with van der Waals surface area (Å²) in [4.78, 5) is 146. The summed E-state index contributed by atoms with van der Waals surface area (Å²) in [6, 6.07) is 27.7. The number of anilines is 3. The average molecular weight is 1780 g/mol. The minimum atomic E-state index is -1.12. The van der Waals surface area contributed by atoms with Gasteiger partial charge in [0, 0.05) is 54.3 Å². The molecule has 3 saturated carbocycles. The molecule has 9 amide bonds. The van der Waals surface area contributed by atoms with Crippen LogP contribution < -0.4 is 47.9 Å². The molecule has 3 saturated heterocycles. The summed E-state index contributed by atoms with van der Waals surface area (Å²) in [5, 5.41) is 29.8. The van der Waals surface area contributed by atoms with Crippen LogP contribution in [0.5, 0.6) is 0 Å². The van der Waals surface area contributed by atoms with Gasteiger partial charge in [-0.2, -0.15) is 19.1 Å². The highest BCUT2D eigenvalue weighted by Crippen LogP contribution is 2.44. The Labute approximate surface area is 742 Å². The minimum Gasteiger partial charge on any atom is -0.343 e. The number of hydrogen-bond acceptors (Lipinski definition) is 21. The number of rotatable bonds is 27. The maximum absolute atomic E-state index is 14.0. The van der Waals surface area contributed by atoms with Gasteiger partial charge in [-0.15, -0.1) is 0 Å². The van der Waals surface area contributed by atoms with E-state index < -0.39 is 86.2 Å². The molecular weight excluding hydrogens is 1650 g/mol. The number of nitrogens with zero attached hydrogens (tertiary/aromatic N) is 7. The second kappa shape index (κ2) is 44.5. The largest absolute Gasteiger partial charge is 0.343 e. The standard InChI is InChI=1S/C31H38N6O3S.2C30H43N5O4S2/c1-20(32-2)27(38)34-26(22-12-7-4-8-13-22)31(40)37-19-9-14-24(37)28(39)36-30-25(21-10-5-3-6-11-21)35-29(41-30)23-15-17-33-18-16-23;2*1-19(31-5)25(36)32-24(21-15-10-7-11-16-21)28(38)35-18-12-17-22(35)26(37)34-27-23(20-13-8-6-9-14-20)33-29(40-27)41(39)30(2,3)4/h3,5-6,10-11,15-18,20,22,24,26,32H,4,7-9,12-14,19H2,1-2H3,(H,34,38)(H,36,39);2*6,8-9,13-14,19,21-22,24,31,39H,7,10-12,15-18H2,1-5H3,(H-,32,34,36,37)/p+2/t20-,24-,26-;2*19-,22-,24-,41?/m000/s1. The fraction of sp³-hybridized carbons (Fsp3) is 0.549. The van der Waals surface area contributed by atoms with Crippen LogP contribution in [0.2, 0.25) is 0 Å². The Bertz CT molecular complexity index is 4500. The molecule has 27 nitrogen and oxygen atoms in total. The smallest absolute Gasteiger partial charge is 0.341 e. The summed E-state index contributed by atoms with van der Waals surface area (Å²) in [5.74, 6) is -1.70. The van der Waals surface area contributed by atoms with E-state index in [4.69, 9.17) is 15.0 Å². The number of nitrogens with one attached hydrogen (secondary N) is 9. The predicted molar refractivity (Wildman–Crippen MR) is 493 cm³/mol. The highest BCUT2D eigenvalue weighted by molar-refractivity contribution is 7.95. The van der Waals surface area contributed by atoms with Gasteiger partial charge in [-0.25, -0.2) is 4.98 Å². The van der Waals surface area contributed by atoms with Crippen molar-refractivity contribution in [2.45, 2.75) is 270 Å². The van der Waals surface area contributed by atoms with E-state index in [1.807, 2.05) is 145 Å². The predicted octanol–water partition coefficient (Wildman–Crippen LogP) is 13.8. The fourth-order valence-corrected chi connectivity index (χ4v) is 23.1. The second-order valence-electron chi connectivity index (χ2n) is 34.9. The Balaban J connectivity index is 0.000000180. The number of likely N-dealkylation sites (N-methyl/N-ethyl adjacent to an activating group) is 3. The highest BCUT2D eigenvalue weighted by atomic mass is 32.2. The van der Waals surface area contributed by atoms with Crippen LogP contribution in [-0.2, 0) is 65.5 Å². The van der Waals surface area contributed by atoms with Crippen molar-refractivity contribution in [3.05, 3.63) is 116 Å². The van der Waals surface area contributed by atoms with E-state index >= 15 is 0 Å². The Morgan fingerprint density at radius 1 is 0.382 bits per heavy atom. The third-order valence-corrected chi connectivity index (χ3v) is 31.3. The number of amides is 9. The van der Waals surface area contributed by atoms with Crippen LogP contribution in [0.1, 0.15) is 197 Å². The van der Waals surface area contributed by atoms with Crippen molar-refractivity contribution in [1.82, 2.24) is 66.5 Å². The van der Waals surface area contributed by atoms with Crippen molar-refractivity contribution in [3.63, 3.8) is 0 Å². The zero-order chi connectivity index (χ0) is 88.2. The lowest BCUT2D eigenvalue weighted by Gasteiger charge is -2.35. The van der Waals surface area contributed by atoms with Gasteiger partial charge in [0.2, 0.25) is 75.5 Å². The van der Waals surface area contributed by atoms with Crippen molar-refractivity contribution in [2.24, 2.45) is 17.8 Å². The first-order chi connectivity index (χ1) is 59.0. The van der Waals surface area contributed by atoms with Crippen LogP contribution in [0, 0.1) is 17.8 Å². The third-order valence-electron chi connectivity index (χ3n) is 24.2. The van der Waals surface area contributed by atoms with Gasteiger partial charge in [0.1, 0.15) is 73.3 Å². The van der Waals surface area contributed by atoms with Crippen molar-refractivity contribution >= 4 is 125 Å². The van der Waals surface area contributed by atoms with Crippen molar-refractivity contribution in [2.75, 3.05) is 56.7 Å². The van der Waals surface area contributed by atoms with E-state index in [2.05, 4.69) is 52.8 Å². The van der Waals surface area contributed by atoms with Crippen LogP contribution >= 0.6 is 34.0 Å². The van der Waals surface area contributed by atoms with E-state index in [1.54, 1.807) is 69.0 Å². The summed E-state index contributed by atoms with van der Waals surface area (Å²) in [7, 11) is 5.17. The summed E-state index contributed by atoms with van der Waals surface area (Å²) in [5.41, 5.74) is 5.42. The van der Waals surface area contributed by atoms with Crippen LogP contribution in [0.15, 0.2) is 124 Å². The molecule has 7 aromatic rings. The Morgan fingerprint density at radius 3 is 0.951 bits per heavy atom. The number of likely N-dealkylation sites (tertiary alicyclic amines) is 3. The number of carbonyl (C=O) groups is 9. The molecule has 6 aliphatic rings. The first-order valence-corrected chi connectivity index (χ1v) is 48.5. The zero-order valence-electron chi connectivity index (χ0n) is 73.1. The molecule has 3 aliphatic carbocycles. The Morgan fingerprint density at radius 2 is 0.667 bits per heavy atom. The van der Waals surface area contributed by atoms with Crippen LogP contribution in [0.25, 0.3) is 44.3 Å². The quantitative estimate of drug-likeness (QED) is 0.0213. The number of carbonyl (C=O) groups excluding carboxylic acids is 9. The summed E-state index contributed by atoms with van der Waals surface area (Å²) >= 11 is 1.73. The molecule has 0 spiro atoms. The van der Waals surface area contributed by atoms with E-state index in [-0.39, 0.29) is 70.9 Å². The van der Waals surface area contributed by atoms with Gasteiger partial charge < -0.3 is 62.6 Å². The molecule has 32 heteroatoms. The topological polar surface area (TPSA) is 364 Å². The molecule has 13 rings (SSSR count). The number of pyridine rings is 1. The molecule has 123 heavy (non-hydrogen) atoms. The van der Waals surface area contributed by atoms with E-state index in [0.717, 1.165) is 130 Å². The molecule has 11 N–H and O–H groups in total.